The molecule has 0 saturated heterocycles. The van der Waals surface area contributed by atoms with E-state index in [-0.39, 0.29) is 23.1 Å². The summed E-state index contributed by atoms with van der Waals surface area (Å²) in [7, 11) is 0. The normalized spacial score (nSPS) is 9.14. The Morgan fingerprint density at radius 1 is 1.05 bits per heavy atom. The van der Waals surface area contributed by atoms with Gasteiger partial charge in [0.05, 0.1) is 11.4 Å². The van der Waals surface area contributed by atoms with Crippen LogP contribution in [0.3, 0.4) is 0 Å². The maximum Gasteiger partial charge on any atom is 0.226 e. The van der Waals surface area contributed by atoms with Crippen LogP contribution in [0.2, 0.25) is 0 Å². The van der Waals surface area contributed by atoms with Crippen LogP contribution >= 0.6 is 0 Å². The van der Waals surface area contributed by atoms with Crippen molar-refractivity contribution < 1.29 is 4.79 Å². The smallest absolute Gasteiger partial charge is 0.226 e. The van der Waals surface area contributed by atoms with Gasteiger partial charge >= 0.3 is 0 Å². The number of allylic oxidation sites excluding steroid dienone is 2. The molecule has 110 valence electrons. The first-order chi connectivity index (χ1) is 10.4. The zero-order valence-electron chi connectivity index (χ0n) is 12.6. The van der Waals surface area contributed by atoms with Gasteiger partial charge in [-0.3, -0.25) is 4.79 Å². The third-order valence-corrected chi connectivity index (χ3v) is 2.80. The van der Waals surface area contributed by atoms with Gasteiger partial charge in [0.2, 0.25) is 5.91 Å². The lowest BCUT2D eigenvalue weighted by atomic mass is 10.1. The van der Waals surface area contributed by atoms with E-state index in [2.05, 4.69) is 10.6 Å². The van der Waals surface area contributed by atoms with Gasteiger partial charge in [-0.05, 0) is 24.6 Å². The predicted octanol–water partition coefficient (Wildman–Crippen LogP) is 2.83. The Hall–Kier alpha value is -3.30. The van der Waals surface area contributed by atoms with Crippen molar-refractivity contribution in [1.82, 2.24) is 0 Å². The fourth-order valence-corrected chi connectivity index (χ4v) is 1.57. The molecular weight excluding hydrogens is 278 g/mol. The van der Waals surface area contributed by atoms with Gasteiger partial charge in [0, 0.05) is 5.92 Å². The molecule has 1 rings (SSSR count). The highest BCUT2D eigenvalue weighted by Gasteiger charge is 2.13. The van der Waals surface area contributed by atoms with E-state index in [1.807, 2.05) is 13.0 Å². The standard InChI is InChI=1S/C16H15N5O/c1-10(2)16(22)21-13-5-4-11(3)6-14(13)20-15(9-19)12(7-17)8-18/h4-6,10,20H,1-3H3,(H,21,22). The van der Waals surface area contributed by atoms with Crippen LogP contribution in [0.5, 0.6) is 0 Å². The van der Waals surface area contributed by atoms with Crippen molar-refractivity contribution in [3.05, 3.63) is 35.0 Å². The second-order valence-electron chi connectivity index (χ2n) is 4.90. The van der Waals surface area contributed by atoms with Gasteiger partial charge in [-0.15, -0.1) is 0 Å². The monoisotopic (exact) mass is 293 g/mol. The van der Waals surface area contributed by atoms with Crippen LogP contribution in [-0.2, 0) is 4.79 Å². The van der Waals surface area contributed by atoms with E-state index < -0.39 is 0 Å². The summed E-state index contributed by atoms with van der Waals surface area (Å²) in [5, 5.41) is 32.3. The Morgan fingerprint density at radius 2 is 1.68 bits per heavy atom. The van der Waals surface area contributed by atoms with E-state index in [0.717, 1.165) is 5.56 Å². The largest absolute Gasteiger partial charge is 0.343 e. The molecule has 22 heavy (non-hydrogen) atoms. The van der Waals surface area contributed by atoms with Crippen molar-refractivity contribution in [2.24, 2.45) is 5.92 Å². The summed E-state index contributed by atoms with van der Waals surface area (Å²) in [5.41, 5.74) is 1.36. The van der Waals surface area contributed by atoms with Gasteiger partial charge in [-0.2, -0.15) is 15.8 Å². The number of hydrogen-bond donors (Lipinski definition) is 2. The molecule has 0 heterocycles. The number of nitrogens with zero attached hydrogens (tertiary/aromatic N) is 3. The van der Waals surface area contributed by atoms with E-state index in [1.165, 1.54) is 0 Å². The fourth-order valence-electron chi connectivity index (χ4n) is 1.57. The van der Waals surface area contributed by atoms with E-state index in [4.69, 9.17) is 15.8 Å². The summed E-state index contributed by atoms with van der Waals surface area (Å²) >= 11 is 0. The summed E-state index contributed by atoms with van der Waals surface area (Å²) < 4.78 is 0. The van der Waals surface area contributed by atoms with Crippen molar-refractivity contribution in [3.8, 4) is 18.2 Å². The molecule has 0 aliphatic rings. The lowest BCUT2D eigenvalue weighted by Gasteiger charge is -2.14. The number of nitrogens with one attached hydrogen (secondary N) is 2. The average Bonchev–Trinajstić information content (AvgIpc) is 2.49. The SMILES string of the molecule is Cc1ccc(NC(=O)C(C)C)c(NC(C#N)=C(C#N)C#N)c1. The number of rotatable bonds is 4. The number of benzene rings is 1. The van der Waals surface area contributed by atoms with Crippen LogP contribution in [0.1, 0.15) is 19.4 Å². The van der Waals surface area contributed by atoms with E-state index in [9.17, 15) is 4.79 Å². The molecule has 0 atom stereocenters. The molecule has 0 radical (unpaired) electrons. The van der Waals surface area contributed by atoms with Gasteiger partial charge in [0.15, 0.2) is 5.57 Å². The number of amides is 1. The topological polar surface area (TPSA) is 112 Å². The highest BCUT2D eigenvalue weighted by Crippen LogP contribution is 2.25. The Labute approximate surface area is 129 Å². The van der Waals surface area contributed by atoms with Crippen molar-refractivity contribution >= 4 is 17.3 Å². The number of aryl methyl sites for hydroxylation is 1. The molecule has 0 spiro atoms. The van der Waals surface area contributed by atoms with Crippen LogP contribution < -0.4 is 10.6 Å². The molecule has 2 N–H and O–H groups in total. The number of carbonyl (C=O) groups is 1. The van der Waals surface area contributed by atoms with Crippen molar-refractivity contribution in [2.45, 2.75) is 20.8 Å². The lowest BCUT2D eigenvalue weighted by molar-refractivity contribution is -0.118. The van der Waals surface area contributed by atoms with Gasteiger partial charge < -0.3 is 10.6 Å². The van der Waals surface area contributed by atoms with Crippen LogP contribution in [0.4, 0.5) is 11.4 Å². The first-order valence-corrected chi connectivity index (χ1v) is 6.56. The zero-order valence-corrected chi connectivity index (χ0v) is 12.6. The molecular formula is C16H15N5O. The summed E-state index contributed by atoms with van der Waals surface area (Å²) in [4.78, 5) is 11.8. The molecule has 1 aromatic rings. The molecule has 0 aliphatic carbocycles. The molecule has 0 bridgehead atoms. The van der Waals surface area contributed by atoms with E-state index in [1.54, 1.807) is 44.2 Å². The Balaban J connectivity index is 3.25. The molecule has 1 amide bonds. The summed E-state index contributed by atoms with van der Waals surface area (Å²) in [6.07, 6.45) is 0. The lowest BCUT2D eigenvalue weighted by Crippen LogP contribution is -2.18. The van der Waals surface area contributed by atoms with Gasteiger partial charge in [-0.25, -0.2) is 0 Å². The quantitative estimate of drug-likeness (QED) is 0.829. The molecule has 0 aliphatic heterocycles. The number of nitriles is 3. The second-order valence-corrected chi connectivity index (χ2v) is 4.90. The summed E-state index contributed by atoms with van der Waals surface area (Å²) in [5.74, 6) is -0.371. The van der Waals surface area contributed by atoms with Crippen LogP contribution in [0, 0.1) is 46.8 Å². The molecule has 0 aromatic heterocycles. The molecule has 1 aromatic carbocycles. The summed E-state index contributed by atoms with van der Waals surface area (Å²) in [6.45, 7) is 5.38. The molecule has 0 saturated carbocycles. The van der Waals surface area contributed by atoms with Gasteiger partial charge in [-0.1, -0.05) is 19.9 Å². The maximum atomic E-state index is 11.8. The Kier molecular flexibility index (Phi) is 5.69. The van der Waals surface area contributed by atoms with Crippen molar-refractivity contribution in [1.29, 1.82) is 15.8 Å². The minimum atomic E-state index is -0.315. The number of hydrogen-bond acceptors (Lipinski definition) is 5. The number of carbonyl (C=O) groups excluding carboxylic acids is 1. The first kappa shape index (κ1) is 16.8. The predicted molar refractivity (Wildman–Crippen MR) is 82.1 cm³/mol. The second kappa shape index (κ2) is 7.47. The Morgan fingerprint density at radius 3 is 2.18 bits per heavy atom. The van der Waals surface area contributed by atoms with Crippen molar-refractivity contribution in [2.75, 3.05) is 10.6 Å². The van der Waals surface area contributed by atoms with Crippen LogP contribution in [-0.4, -0.2) is 5.91 Å². The Bertz CT molecular complexity index is 725. The van der Waals surface area contributed by atoms with Gasteiger partial charge in [0.1, 0.15) is 23.9 Å². The highest BCUT2D eigenvalue weighted by molar-refractivity contribution is 5.95. The number of anilines is 2. The maximum absolute atomic E-state index is 11.8. The third-order valence-electron chi connectivity index (χ3n) is 2.80. The van der Waals surface area contributed by atoms with Crippen LogP contribution in [0.25, 0.3) is 0 Å². The van der Waals surface area contributed by atoms with E-state index in [0.29, 0.717) is 11.4 Å². The molecule has 6 nitrogen and oxygen atoms in total. The molecule has 0 unspecified atom stereocenters. The third kappa shape index (κ3) is 4.10. The minimum absolute atomic E-state index is 0.157. The summed E-state index contributed by atoms with van der Waals surface area (Å²) in [6, 6.07) is 10.3. The van der Waals surface area contributed by atoms with E-state index >= 15 is 0 Å². The average molecular weight is 293 g/mol. The molecule has 6 heteroatoms. The van der Waals surface area contributed by atoms with Gasteiger partial charge in [0.25, 0.3) is 0 Å². The molecule has 0 fully saturated rings. The fraction of sp³-hybridized carbons (Fsp3) is 0.250. The highest BCUT2D eigenvalue weighted by atomic mass is 16.1. The first-order valence-electron chi connectivity index (χ1n) is 6.56. The van der Waals surface area contributed by atoms with Crippen LogP contribution in [0.15, 0.2) is 29.5 Å². The zero-order chi connectivity index (χ0) is 16.7. The van der Waals surface area contributed by atoms with Crippen molar-refractivity contribution in [3.63, 3.8) is 0 Å². The minimum Gasteiger partial charge on any atom is -0.343 e.